The number of nitrogens with zero attached hydrogens (tertiary/aromatic N) is 4. The van der Waals surface area contributed by atoms with Crippen LogP contribution in [-0.4, -0.2) is 40.4 Å². The maximum absolute atomic E-state index is 14.3. The Labute approximate surface area is 193 Å². The van der Waals surface area contributed by atoms with Gasteiger partial charge < -0.3 is 14.5 Å². The number of ether oxygens (including phenoxy) is 1. The van der Waals surface area contributed by atoms with Crippen molar-refractivity contribution in [2.45, 2.75) is 39.2 Å². The Hall–Kier alpha value is -3.48. The first-order valence-electron chi connectivity index (χ1n) is 11.5. The Bertz CT molecular complexity index is 1180. The van der Waals surface area contributed by atoms with E-state index in [1.54, 1.807) is 17.0 Å². The third-order valence-corrected chi connectivity index (χ3v) is 6.24. The van der Waals surface area contributed by atoms with Crippen LogP contribution < -0.4 is 9.64 Å². The molecule has 0 unspecified atom stereocenters. The minimum absolute atomic E-state index is 0.0768. The van der Waals surface area contributed by atoms with Crippen molar-refractivity contribution in [1.82, 2.24) is 14.9 Å². The maximum Gasteiger partial charge on any atom is 0.257 e. The topological polar surface area (TPSA) is 58.6 Å². The van der Waals surface area contributed by atoms with Crippen molar-refractivity contribution in [2.75, 3.05) is 24.5 Å². The molecule has 7 heteroatoms. The molecule has 33 heavy (non-hydrogen) atoms. The van der Waals surface area contributed by atoms with Crippen LogP contribution >= 0.6 is 0 Å². The second-order valence-corrected chi connectivity index (χ2v) is 8.68. The van der Waals surface area contributed by atoms with Crippen molar-refractivity contribution in [3.63, 3.8) is 0 Å². The summed E-state index contributed by atoms with van der Waals surface area (Å²) in [5.41, 5.74) is 2.84. The molecule has 2 aliphatic heterocycles. The average molecular weight is 447 g/mol. The van der Waals surface area contributed by atoms with Crippen LogP contribution in [0.2, 0.25) is 0 Å². The number of aryl methyl sites for hydroxylation is 1. The quantitative estimate of drug-likeness (QED) is 0.570. The number of hydrogen-bond donors (Lipinski definition) is 0. The van der Waals surface area contributed by atoms with Gasteiger partial charge in [-0.05, 0) is 56.0 Å². The summed E-state index contributed by atoms with van der Waals surface area (Å²) in [6, 6.07) is 13.9. The molecule has 0 atom stereocenters. The molecule has 0 aliphatic carbocycles. The summed E-state index contributed by atoms with van der Waals surface area (Å²) in [7, 11) is 0. The molecule has 1 saturated heterocycles. The second-order valence-electron chi connectivity index (χ2n) is 8.68. The molecule has 0 saturated carbocycles. The fraction of sp³-hybridized carbons (Fsp3) is 0.346. The van der Waals surface area contributed by atoms with Gasteiger partial charge in [-0.2, -0.15) is 4.98 Å². The number of aromatic nitrogens is 2. The standard InChI is InChI=1S/C26H27FN4O2/c1-18-8-7-9-19(16-18)33-24-21-17-31(25(32)20-10-3-4-11-22(20)27)15-12-23(21)28-26(29-24)30-13-5-2-6-14-30/h3-4,7-11,16H,2,5-6,12-15,17H2,1H3. The van der Waals surface area contributed by atoms with E-state index >= 15 is 0 Å². The fourth-order valence-corrected chi connectivity index (χ4v) is 4.46. The maximum atomic E-state index is 14.3. The lowest BCUT2D eigenvalue weighted by Crippen LogP contribution is -2.38. The zero-order valence-corrected chi connectivity index (χ0v) is 18.8. The Balaban J connectivity index is 1.50. The second kappa shape index (κ2) is 9.17. The SMILES string of the molecule is Cc1cccc(Oc2nc(N3CCCCC3)nc3c2CN(C(=O)c2ccccc2F)CC3)c1. The van der Waals surface area contributed by atoms with Crippen LogP contribution in [0, 0.1) is 12.7 Å². The molecular weight excluding hydrogens is 419 g/mol. The number of benzene rings is 2. The molecule has 2 aliphatic rings. The van der Waals surface area contributed by atoms with Crippen LogP contribution in [0.15, 0.2) is 48.5 Å². The number of hydrogen-bond acceptors (Lipinski definition) is 5. The molecule has 2 aromatic carbocycles. The number of anilines is 1. The summed E-state index contributed by atoms with van der Waals surface area (Å²) in [6.45, 7) is 4.63. The molecular formula is C26H27FN4O2. The minimum Gasteiger partial charge on any atom is -0.438 e. The molecule has 0 spiro atoms. The van der Waals surface area contributed by atoms with Gasteiger partial charge in [0.25, 0.3) is 5.91 Å². The summed E-state index contributed by atoms with van der Waals surface area (Å²) in [4.78, 5) is 26.6. The third-order valence-electron chi connectivity index (χ3n) is 6.24. The first kappa shape index (κ1) is 21.4. The van der Waals surface area contributed by atoms with E-state index < -0.39 is 5.82 Å². The van der Waals surface area contributed by atoms with Gasteiger partial charge in [0.1, 0.15) is 11.6 Å². The van der Waals surface area contributed by atoms with E-state index in [4.69, 9.17) is 14.7 Å². The van der Waals surface area contributed by atoms with Crippen molar-refractivity contribution in [1.29, 1.82) is 0 Å². The van der Waals surface area contributed by atoms with Crippen molar-refractivity contribution in [3.8, 4) is 11.6 Å². The predicted octanol–water partition coefficient (Wildman–Crippen LogP) is 4.91. The van der Waals surface area contributed by atoms with Crippen molar-refractivity contribution < 1.29 is 13.9 Å². The van der Waals surface area contributed by atoms with Crippen LogP contribution in [0.3, 0.4) is 0 Å². The number of carbonyl (C=O) groups excluding carboxylic acids is 1. The Morgan fingerprint density at radius 1 is 1.00 bits per heavy atom. The zero-order chi connectivity index (χ0) is 22.8. The zero-order valence-electron chi connectivity index (χ0n) is 18.8. The van der Waals surface area contributed by atoms with Crippen molar-refractivity contribution in [3.05, 3.63) is 76.7 Å². The predicted molar refractivity (Wildman–Crippen MR) is 124 cm³/mol. The van der Waals surface area contributed by atoms with Crippen LogP contribution in [0.5, 0.6) is 11.6 Å². The van der Waals surface area contributed by atoms with E-state index in [9.17, 15) is 9.18 Å². The molecule has 0 bridgehead atoms. The molecule has 3 aromatic rings. The van der Waals surface area contributed by atoms with Gasteiger partial charge in [0.2, 0.25) is 11.8 Å². The van der Waals surface area contributed by atoms with E-state index in [-0.39, 0.29) is 18.0 Å². The lowest BCUT2D eigenvalue weighted by molar-refractivity contribution is 0.0727. The summed E-state index contributed by atoms with van der Waals surface area (Å²) in [6.07, 6.45) is 4.04. The highest BCUT2D eigenvalue weighted by Crippen LogP contribution is 2.33. The number of piperidine rings is 1. The minimum atomic E-state index is -0.513. The highest BCUT2D eigenvalue weighted by atomic mass is 19.1. The average Bonchev–Trinajstić information content (AvgIpc) is 2.84. The van der Waals surface area contributed by atoms with Crippen LogP contribution in [0.4, 0.5) is 10.3 Å². The molecule has 1 aromatic heterocycles. The van der Waals surface area contributed by atoms with Gasteiger partial charge in [-0.25, -0.2) is 9.37 Å². The Morgan fingerprint density at radius 2 is 1.82 bits per heavy atom. The molecule has 6 nitrogen and oxygen atoms in total. The van der Waals surface area contributed by atoms with E-state index in [0.29, 0.717) is 30.5 Å². The lowest BCUT2D eigenvalue weighted by atomic mass is 10.0. The van der Waals surface area contributed by atoms with Gasteiger partial charge >= 0.3 is 0 Å². The third kappa shape index (κ3) is 4.53. The van der Waals surface area contributed by atoms with E-state index in [1.807, 2.05) is 31.2 Å². The number of halogens is 1. The molecule has 1 fully saturated rings. The van der Waals surface area contributed by atoms with Crippen molar-refractivity contribution in [2.24, 2.45) is 0 Å². The van der Waals surface area contributed by atoms with Gasteiger partial charge in [0.05, 0.1) is 23.4 Å². The van der Waals surface area contributed by atoms with Gasteiger partial charge in [0, 0.05) is 26.1 Å². The van der Waals surface area contributed by atoms with Gasteiger partial charge in [0.15, 0.2) is 0 Å². The Morgan fingerprint density at radius 3 is 2.61 bits per heavy atom. The van der Waals surface area contributed by atoms with Gasteiger partial charge in [-0.3, -0.25) is 4.79 Å². The summed E-state index contributed by atoms with van der Waals surface area (Å²) in [5, 5.41) is 0. The number of rotatable bonds is 4. The van der Waals surface area contributed by atoms with Gasteiger partial charge in [-0.1, -0.05) is 24.3 Å². The molecule has 170 valence electrons. The number of carbonyl (C=O) groups is 1. The first-order valence-corrected chi connectivity index (χ1v) is 11.5. The van der Waals surface area contributed by atoms with Crippen LogP contribution in [0.1, 0.15) is 46.4 Å². The molecule has 0 N–H and O–H groups in total. The molecule has 0 radical (unpaired) electrons. The molecule has 1 amide bonds. The Kier molecular flexibility index (Phi) is 5.94. The van der Waals surface area contributed by atoms with Crippen molar-refractivity contribution >= 4 is 11.9 Å². The van der Waals surface area contributed by atoms with E-state index in [2.05, 4.69) is 4.90 Å². The van der Waals surface area contributed by atoms with Crippen LogP contribution in [-0.2, 0) is 13.0 Å². The molecule has 3 heterocycles. The highest BCUT2D eigenvalue weighted by Gasteiger charge is 2.29. The van der Waals surface area contributed by atoms with Gasteiger partial charge in [-0.15, -0.1) is 0 Å². The number of amides is 1. The highest BCUT2D eigenvalue weighted by molar-refractivity contribution is 5.94. The summed E-state index contributed by atoms with van der Waals surface area (Å²) in [5.74, 6) is 1.00. The van der Waals surface area contributed by atoms with Crippen LogP contribution in [0.25, 0.3) is 0 Å². The fourth-order valence-electron chi connectivity index (χ4n) is 4.46. The lowest BCUT2D eigenvalue weighted by Gasteiger charge is -2.32. The van der Waals surface area contributed by atoms with E-state index in [1.165, 1.54) is 18.6 Å². The monoisotopic (exact) mass is 446 g/mol. The molecule has 5 rings (SSSR count). The normalized spacial score (nSPS) is 15.8. The van der Waals surface area contributed by atoms with E-state index in [0.717, 1.165) is 42.8 Å². The summed E-state index contributed by atoms with van der Waals surface area (Å²) >= 11 is 0. The smallest absolute Gasteiger partial charge is 0.257 e. The first-order chi connectivity index (χ1) is 16.1. The summed E-state index contributed by atoms with van der Waals surface area (Å²) < 4.78 is 20.5. The largest absolute Gasteiger partial charge is 0.438 e. The number of fused-ring (bicyclic) bond motifs is 1.